The van der Waals surface area contributed by atoms with Crippen LogP contribution in [0.1, 0.15) is 63.0 Å². The number of carbonyl (C=O) groups excluding carboxylic acids is 2. The van der Waals surface area contributed by atoms with Gasteiger partial charge in [0.25, 0.3) is 5.91 Å². The van der Waals surface area contributed by atoms with Gasteiger partial charge in [0.2, 0.25) is 0 Å². The van der Waals surface area contributed by atoms with Crippen LogP contribution in [0.15, 0.2) is 17.6 Å². The van der Waals surface area contributed by atoms with Crippen molar-refractivity contribution in [3.8, 4) is 0 Å². The highest BCUT2D eigenvalue weighted by atomic mass is 32.1. The van der Waals surface area contributed by atoms with Crippen molar-refractivity contribution < 1.29 is 23.6 Å². The summed E-state index contributed by atoms with van der Waals surface area (Å²) in [7, 11) is -0.649. The molecule has 2 amide bonds. The molecule has 2 rings (SSSR count). The molecule has 1 aromatic heterocycles. The molecule has 29 heavy (non-hydrogen) atoms. The summed E-state index contributed by atoms with van der Waals surface area (Å²) in [4.78, 5) is 25.1. The van der Waals surface area contributed by atoms with Crippen molar-refractivity contribution >= 4 is 36.5 Å². The third-order valence-corrected chi connectivity index (χ3v) is 5.73. The van der Waals surface area contributed by atoms with E-state index in [1.54, 1.807) is 32.9 Å². The Labute approximate surface area is 176 Å². The monoisotopic (exact) mass is 423 g/mol. The normalized spacial score (nSPS) is 18.5. The Bertz CT molecular complexity index is 782. The van der Waals surface area contributed by atoms with Gasteiger partial charge in [-0.1, -0.05) is 0 Å². The number of nitrogen functional groups attached to an aromatic ring is 1. The zero-order valence-corrected chi connectivity index (χ0v) is 18.9. The minimum atomic E-state index is -0.649. The molecule has 1 aliphatic rings. The van der Waals surface area contributed by atoms with Gasteiger partial charge < -0.3 is 19.4 Å². The molecule has 1 saturated heterocycles. The van der Waals surface area contributed by atoms with Gasteiger partial charge in [0.15, 0.2) is 0 Å². The Balaban J connectivity index is 2.25. The first-order valence-electron chi connectivity index (χ1n) is 9.38. The number of thiophene rings is 1. The summed E-state index contributed by atoms with van der Waals surface area (Å²) in [6.07, 6.45) is 1.31. The molecule has 0 unspecified atom stereocenters. The molecule has 0 saturated carbocycles. The molecule has 2 heterocycles. The minimum absolute atomic E-state index is 0.169. The highest BCUT2D eigenvalue weighted by Crippen LogP contribution is 2.39. The van der Waals surface area contributed by atoms with Gasteiger partial charge in [-0.3, -0.25) is 10.2 Å². The number of nitrogens with one attached hydrogen (secondary N) is 2. The predicted molar refractivity (Wildman–Crippen MR) is 114 cm³/mol. The van der Waals surface area contributed by atoms with Crippen molar-refractivity contribution in [3.63, 3.8) is 0 Å². The average molecular weight is 423 g/mol. The molecule has 8 nitrogen and oxygen atoms in total. The van der Waals surface area contributed by atoms with Gasteiger partial charge in [0.05, 0.1) is 16.1 Å². The predicted octanol–water partition coefficient (Wildman–Crippen LogP) is 2.89. The van der Waals surface area contributed by atoms with E-state index >= 15 is 0 Å². The zero-order chi connectivity index (χ0) is 22.0. The van der Waals surface area contributed by atoms with Crippen molar-refractivity contribution in [3.05, 3.63) is 27.4 Å². The lowest BCUT2D eigenvalue weighted by Crippen LogP contribution is -2.41. The molecule has 1 fully saturated rings. The van der Waals surface area contributed by atoms with E-state index in [9.17, 15) is 9.59 Å². The molecular weight excluding hydrogens is 393 g/mol. The Morgan fingerprint density at radius 3 is 2.31 bits per heavy atom. The second kappa shape index (κ2) is 8.47. The number of amides is 2. The highest BCUT2D eigenvalue weighted by molar-refractivity contribution is 7.14. The van der Waals surface area contributed by atoms with E-state index in [-0.39, 0.29) is 12.5 Å². The van der Waals surface area contributed by atoms with Crippen molar-refractivity contribution in [2.45, 2.75) is 65.3 Å². The van der Waals surface area contributed by atoms with Crippen LogP contribution in [0.2, 0.25) is 0 Å². The highest BCUT2D eigenvalue weighted by Gasteiger charge is 2.52. The molecule has 160 valence electrons. The topological polar surface area (TPSA) is 112 Å². The maximum absolute atomic E-state index is 12.1. The number of alkyl carbamates (subject to hydrolysis) is 1. The number of rotatable bonds is 5. The summed E-state index contributed by atoms with van der Waals surface area (Å²) >= 11 is 1.27. The molecular formula is C19H30BN3O5S. The Kier molecular flexibility index (Phi) is 6.84. The fourth-order valence-electron chi connectivity index (χ4n) is 2.49. The molecule has 0 radical (unpaired) electrons. The summed E-state index contributed by atoms with van der Waals surface area (Å²) in [5, 5.41) is 2.75. The quantitative estimate of drug-likeness (QED) is 0.291. The smallest absolute Gasteiger partial charge is 0.444 e. The molecule has 0 aromatic carbocycles. The van der Waals surface area contributed by atoms with Crippen molar-refractivity contribution in [2.75, 3.05) is 6.54 Å². The fourth-order valence-corrected chi connectivity index (χ4v) is 3.38. The van der Waals surface area contributed by atoms with E-state index in [0.717, 1.165) is 4.88 Å². The van der Waals surface area contributed by atoms with Crippen LogP contribution in [0.5, 0.6) is 0 Å². The van der Waals surface area contributed by atoms with E-state index in [4.69, 9.17) is 19.9 Å². The third-order valence-electron chi connectivity index (χ3n) is 4.70. The van der Waals surface area contributed by atoms with Gasteiger partial charge in [-0.05, 0) is 72.1 Å². The number of hydrogen-bond donors (Lipinski definition) is 3. The van der Waals surface area contributed by atoms with E-state index in [2.05, 4.69) is 10.7 Å². The van der Waals surface area contributed by atoms with E-state index in [0.29, 0.717) is 10.3 Å². The average Bonchev–Trinajstić information content (AvgIpc) is 3.11. The molecule has 4 N–H and O–H groups in total. The molecule has 1 aromatic rings. The molecule has 0 bridgehead atoms. The van der Waals surface area contributed by atoms with Crippen LogP contribution in [0.25, 0.3) is 6.08 Å². The standard InChI is InChI=1S/C19H30BN3O5S/c1-17(2,3)26-16(25)22-11-12(20-27-18(4,5)19(6,7)28-20)10-13-8-9-14(29-13)15(24)23-21/h8-10H,11,21H2,1-7H3,(H,22,25)(H,23,24). The molecule has 0 spiro atoms. The Hall–Kier alpha value is -1.88. The number of nitrogens with two attached hydrogens (primary N) is 1. The van der Waals surface area contributed by atoms with Gasteiger partial charge in [-0.15, -0.1) is 11.3 Å². The summed E-state index contributed by atoms with van der Waals surface area (Å²) in [6, 6.07) is 3.48. The second-order valence-corrected chi connectivity index (χ2v) is 9.95. The Morgan fingerprint density at radius 1 is 1.21 bits per heavy atom. The van der Waals surface area contributed by atoms with Crippen LogP contribution in [-0.2, 0) is 14.0 Å². The van der Waals surface area contributed by atoms with Crippen molar-refractivity contribution in [1.82, 2.24) is 10.7 Å². The van der Waals surface area contributed by atoms with Gasteiger partial charge in [-0.25, -0.2) is 10.6 Å². The number of carbonyl (C=O) groups is 2. The lowest BCUT2D eigenvalue weighted by Gasteiger charge is -2.32. The third kappa shape index (κ3) is 6.05. The molecule has 0 atom stereocenters. The first-order chi connectivity index (χ1) is 13.2. The molecule has 10 heteroatoms. The van der Waals surface area contributed by atoms with Crippen LogP contribution >= 0.6 is 11.3 Å². The number of hydrazine groups is 1. The summed E-state index contributed by atoms with van der Waals surface area (Å²) in [5.74, 6) is 4.83. The van der Waals surface area contributed by atoms with Gasteiger partial charge in [0, 0.05) is 11.4 Å². The number of ether oxygens (including phenoxy) is 1. The summed E-state index contributed by atoms with van der Waals surface area (Å²) < 4.78 is 17.6. The van der Waals surface area contributed by atoms with Gasteiger partial charge in [-0.2, -0.15) is 0 Å². The lowest BCUT2D eigenvalue weighted by atomic mass is 9.77. The maximum atomic E-state index is 12.1. The van der Waals surface area contributed by atoms with Crippen LogP contribution in [-0.4, -0.2) is 42.5 Å². The zero-order valence-electron chi connectivity index (χ0n) is 18.0. The van der Waals surface area contributed by atoms with E-state index in [1.165, 1.54) is 11.3 Å². The summed E-state index contributed by atoms with van der Waals surface area (Å²) in [5.41, 5.74) is 1.17. The van der Waals surface area contributed by atoms with Crippen LogP contribution in [0.3, 0.4) is 0 Å². The van der Waals surface area contributed by atoms with Crippen molar-refractivity contribution in [1.29, 1.82) is 0 Å². The largest absolute Gasteiger partial charge is 0.492 e. The fraction of sp³-hybridized carbons (Fsp3) is 0.579. The maximum Gasteiger partial charge on any atom is 0.492 e. The SMILES string of the molecule is CC(C)(C)OC(=O)NCC(=Cc1ccc(C(=O)NN)s1)B1OC(C)(C)C(C)(C)O1. The first kappa shape index (κ1) is 23.4. The first-order valence-corrected chi connectivity index (χ1v) is 10.2. The summed E-state index contributed by atoms with van der Waals surface area (Å²) in [6.45, 7) is 13.4. The van der Waals surface area contributed by atoms with Crippen LogP contribution in [0, 0.1) is 0 Å². The van der Waals surface area contributed by atoms with Crippen LogP contribution < -0.4 is 16.6 Å². The van der Waals surface area contributed by atoms with E-state index < -0.39 is 30.0 Å². The second-order valence-electron chi connectivity index (χ2n) is 8.84. The van der Waals surface area contributed by atoms with Crippen LogP contribution in [0.4, 0.5) is 4.79 Å². The molecule has 0 aliphatic carbocycles. The minimum Gasteiger partial charge on any atom is -0.444 e. The van der Waals surface area contributed by atoms with Gasteiger partial charge >= 0.3 is 13.2 Å². The Morgan fingerprint density at radius 2 is 1.79 bits per heavy atom. The number of hydrogen-bond acceptors (Lipinski definition) is 7. The lowest BCUT2D eigenvalue weighted by molar-refractivity contribution is 0.00578. The van der Waals surface area contributed by atoms with E-state index in [1.807, 2.05) is 33.8 Å². The van der Waals surface area contributed by atoms with Gasteiger partial charge in [0.1, 0.15) is 5.60 Å². The van der Waals surface area contributed by atoms with Crippen molar-refractivity contribution in [2.24, 2.45) is 5.84 Å². The molecule has 1 aliphatic heterocycles.